The van der Waals surface area contributed by atoms with Gasteiger partial charge in [0.2, 0.25) is 5.91 Å². The second kappa shape index (κ2) is 7.29. The Hall–Kier alpha value is -2.26. The summed E-state index contributed by atoms with van der Waals surface area (Å²) < 4.78 is 40.2. The Bertz CT molecular complexity index is 919. The maximum Gasteiger partial charge on any atom is 0.416 e. The van der Waals surface area contributed by atoms with E-state index < -0.39 is 17.7 Å². The van der Waals surface area contributed by atoms with E-state index in [1.165, 1.54) is 11.8 Å². The Labute approximate surface area is 164 Å². The van der Waals surface area contributed by atoms with Crippen molar-refractivity contribution in [3.63, 3.8) is 0 Å². The predicted molar refractivity (Wildman–Crippen MR) is 102 cm³/mol. The minimum atomic E-state index is -4.52. The van der Waals surface area contributed by atoms with Crippen molar-refractivity contribution in [3.8, 4) is 0 Å². The van der Waals surface area contributed by atoms with Crippen molar-refractivity contribution in [2.24, 2.45) is 11.7 Å². The molecule has 1 aliphatic carbocycles. The van der Waals surface area contributed by atoms with Gasteiger partial charge in [0.25, 0.3) is 0 Å². The molecule has 148 valence electrons. The molecule has 5 nitrogen and oxygen atoms in total. The fourth-order valence-electron chi connectivity index (χ4n) is 3.62. The van der Waals surface area contributed by atoms with Crippen LogP contribution in [0, 0.1) is 5.92 Å². The van der Waals surface area contributed by atoms with E-state index in [0.29, 0.717) is 17.0 Å². The molecule has 1 aromatic heterocycles. The van der Waals surface area contributed by atoms with Crippen molar-refractivity contribution in [1.29, 1.82) is 0 Å². The number of aromatic nitrogens is 1. The summed E-state index contributed by atoms with van der Waals surface area (Å²) in [7, 11) is 0. The summed E-state index contributed by atoms with van der Waals surface area (Å²) in [5.74, 6) is -0.729. The molecule has 4 N–H and O–H groups in total. The molecule has 0 radical (unpaired) electrons. The van der Waals surface area contributed by atoms with Crippen LogP contribution in [-0.4, -0.2) is 16.9 Å². The van der Waals surface area contributed by atoms with Crippen molar-refractivity contribution in [2.45, 2.75) is 47.7 Å². The van der Waals surface area contributed by atoms with E-state index in [-0.39, 0.29) is 17.6 Å². The number of anilines is 3. The van der Waals surface area contributed by atoms with Crippen LogP contribution in [0.5, 0.6) is 0 Å². The summed E-state index contributed by atoms with van der Waals surface area (Å²) in [5, 5.41) is 5.84. The van der Waals surface area contributed by atoms with Gasteiger partial charge in [0.1, 0.15) is 0 Å². The van der Waals surface area contributed by atoms with Gasteiger partial charge in [-0.05, 0) is 31.0 Å². The number of benzene rings is 1. The summed E-state index contributed by atoms with van der Waals surface area (Å²) in [5.41, 5.74) is 6.56. The van der Waals surface area contributed by atoms with E-state index in [1.54, 1.807) is 18.5 Å². The van der Waals surface area contributed by atoms with Crippen LogP contribution in [0.1, 0.15) is 31.2 Å². The average Bonchev–Trinajstić information content (AvgIpc) is 2.66. The second-order valence-corrected chi connectivity index (χ2v) is 8.12. The molecular formula is C19H19F3N4OS. The van der Waals surface area contributed by atoms with Gasteiger partial charge >= 0.3 is 6.18 Å². The molecule has 1 aliphatic heterocycles. The first-order chi connectivity index (χ1) is 13.3. The van der Waals surface area contributed by atoms with E-state index in [4.69, 9.17) is 5.73 Å². The number of rotatable bonds is 2. The number of hydrogen-bond acceptors (Lipinski definition) is 5. The Morgan fingerprint density at radius 2 is 2.04 bits per heavy atom. The number of nitrogens with zero attached hydrogens (tertiary/aromatic N) is 1. The number of amides is 1. The van der Waals surface area contributed by atoms with Gasteiger partial charge < -0.3 is 16.4 Å². The SMILES string of the molecule is NC1CCCCC1C(=O)Nc1cc(C(F)(F)F)cc2c1Nc1ccncc1S2. The molecular weight excluding hydrogens is 389 g/mol. The molecule has 1 fully saturated rings. The number of alkyl halides is 3. The fraction of sp³-hybridized carbons (Fsp3) is 0.368. The highest BCUT2D eigenvalue weighted by Crippen LogP contribution is 2.49. The molecule has 2 unspecified atom stereocenters. The molecule has 28 heavy (non-hydrogen) atoms. The highest BCUT2D eigenvalue weighted by molar-refractivity contribution is 7.99. The smallest absolute Gasteiger partial charge is 0.352 e. The molecule has 2 heterocycles. The number of carbonyl (C=O) groups excluding carboxylic acids is 1. The number of pyridine rings is 1. The van der Waals surface area contributed by atoms with Crippen molar-refractivity contribution >= 4 is 34.7 Å². The molecule has 2 atom stereocenters. The zero-order valence-electron chi connectivity index (χ0n) is 14.8. The Balaban J connectivity index is 1.71. The fourth-order valence-corrected chi connectivity index (χ4v) is 4.64. The number of fused-ring (bicyclic) bond motifs is 2. The minimum Gasteiger partial charge on any atom is -0.352 e. The largest absolute Gasteiger partial charge is 0.416 e. The molecule has 4 rings (SSSR count). The standard InChI is InChI=1S/C19H19F3N4OS/c20-19(21,22)10-7-14(26-18(27)11-3-1-2-4-12(11)23)17-15(8-10)28-16-9-24-6-5-13(16)25-17/h5-9,11-12,25H,1-4,23H2,(H,26,27). The molecule has 0 saturated heterocycles. The molecule has 1 aromatic carbocycles. The van der Waals surface area contributed by atoms with E-state index >= 15 is 0 Å². The van der Waals surface area contributed by atoms with Crippen LogP contribution < -0.4 is 16.4 Å². The topological polar surface area (TPSA) is 80.0 Å². The quantitative estimate of drug-likeness (QED) is 0.569. The summed E-state index contributed by atoms with van der Waals surface area (Å²) in [6.07, 6.45) is 1.91. The van der Waals surface area contributed by atoms with Crippen LogP contribution in [0.25, 0.3) is 0 Å². The first kappa shape index (κ1) is 19.1. The zero-order valence-corrected chi connectivity index (χ0v) is 15.7. The summed E-state index contributed by atoms with van der Waals surface area (Å²) in [6.45, 7) is 0. The first-order valence-corrected chi connectivity index (χ1v) is 9.85. The first-order valence-electron chi connectivity index (χ1n) is 9.03. The van der Waals surface area contributed by atoms with Gasteiger partial charge in [-0.25, -0.2) is 0 Å². The molecule has 0 bridgehead atoms. The number of halogens is 3. The molecule has 9 heteroatoms. The van der Waals surface area contributed by atoms with Gasteiger partial charge in [-0.1, -0.05) is 24.6 Å². The Morgan fingerprint density at radius 3 is 2.79 bits per heavy atom. The molecule has 1 saturated carbocycles. The van der Waals surface area contributed by atoms with Gasteiger partial charge in [-0.2, -0.15) is 13.2 Å². The van der Waals surface area contributed by atoms with Crippen LogP contribution in [0.2, 0.25) is 0 Å². The third-order valence-electron chi connectivity index (χ3n) is 5.11. The highest BCUT2D eigenvalue weighted by atomic mass is 32.2. The van der Waals surface area contributed by atoms with Crippen LogP contribution in [0.15, 0.2) is 40.4 Å². The third kappa shape index (κ3) is 3.68. The van der Waals surface area contributed by atoms with Crippen molar-refractivity contribution < 1.29 is 18.0 Å². The normalized spacial score (nSPS) is 21.3. The molecule has 1 amide bonds. The van der Waals surface area contributed by atoms with Crippen LogP contribution in [0.3, 0.4) is 0 Å². The van der Waals surface area contributed by atoms with Crippen molar-refractivity contribution in [2.75, 3.05) is 10.6 Å². The van der Waals surface area contributed by atoms with Gasteiger partial charge in [0.05, 0.1) is 33.4 Å². The van der Waals surface area contributed by atoms with Gasteiger partial charge in [0.15, 0.2) is 0 Å². The minimum absolute atomic E-state index is 0.113. The Morgan fingerprint density at radius 1 is 1.25 bits per heavy atom. The summed E-state index contributed by atoms with van der Waals surface area (Å²) >= 11 is 1.19. The van der Waals surface area contributed by atoms with Gasteiger partial charge in [0, 0.05) is 23.3 Å². The second-order valence-electron chi connectivity index (χ2n) is 7.04. The van der Waals surface area contributed by atoms with Gasteiger partial charge in [-0.3, -0.25) is 9.78 Å². The van der Waals surface area contributed by atoms with E-state index in [1.807, 2.05) is 0 Å². The summed E-state index contributed by atoms with van der Waals surface area (Å²) in [4.78, 5) is 17.9. The lowest BCUT2D eigenvalue weighted by molar-refractivity contribution is -0.137. The maximum absolute atomic E-state index is 13.4. The molecule has 2 aromatic rings. The Kier molecular flexibility index (Phi) is 4.96. The van der Waals surface area contributed by atoms with Gasteiger partial charge in [-0.15, -0.1) is 0 Å². The van der Waals surface area contributed by atoms with Crippen LogP contribution >= 0.6 is 11.8 Å². The van der Waals surface area contributed by atoms with E-state index in [0.717, 1.165) is 42.0 Å². The lowest BCUT2D eigenvalue weighted by Crippen LogP contribution is -2.40. The monoisotopic (exact) mass is 408 g/mol. The lowest BCUT2D eigenvalue weighted by atomic mass is 9.84. The molecule has 2 aliphatic rings. The average molecular weight is 408 g/mol. The third-order valence-corrected chi connectivity index (χ3v) is 6.19. The van der Waals surface area contributed by atoms with Crippen LogP contribution in [-0.2, 0) is 11.0 Å². The maximum atomic E-state index is 13.4. The number of hydrogen-bond donors (Lipinski definition) is 3. The van der Waals surface area contributed by atoms with Crippen molar-refractivity contribution in [3.05, 3.63) is 36.2 Å². The number of carbonyl (C=O) groups is 1. The predicted octanol–water partition coefficient (Wildman–Crippen LogP) is 4.76. The number of nitrogens with one attached hydrogen (secondary N) is 2. The highest BCUT2D eigenvalue weighted by Gasteiger charge is 2.35. The van der Waals surface area contributed by atoms with Crippen LogP contribution in [0.4, 0.5) is 30.2 Å². The summed E-state index contributed by atoms with van der Waals surface area (Å²) in [6, 6.07) is 3.53. The van der Waals surface area contributed by atoms with E-state index in [2.05, 4.69) is 15.6 Å². The lowest BCUT2D eigenvalue weighted by Gasteiger charge is -2.29. The number of nitrogens with two attached hydrogens (primary N) is 1. The molecule has 0 spiro atoms. The zero-order chi connectivity index (χ0) is 19.9. The van der Waals surface area contributed by atoms with E-state index in [9.17, 15) is 18.0 Å². The van der Waals surface area contributed by atoms with Crippen molar-refractivity contribution in [1.82, 2.24) is 4.98 Å².